The number of halogens is 1. The highest BCUT2D eigenvalue weighted by molar-refractivity contribution is 6.34. The number of hydrogen-bond donors (Lipinski definition) is 2. The number of hydrogen-bond acceptors (Lipinski definition) is 3. The minimum Gasteiger partial charge on any atom is -0.497 e. The van der Waals surface area contributed by atoms with E-state index in [2.05, 4.69) is 5.32 Å². The van der Waals surface area contributed by atoms with E-state index < -0.39 is 0 Å². The Morgan fingerprint density at radius 1 is 1.29 bits per heavy atom. The summed E-state index contributed by atoms with van der Waals surface area (Å²) in [7, 11) is 1.63. The molecule has 0 spiro atoms. The molecule has 0 aliphatic rings. The number of anilines is 1. The third kappa shape index (κ3) is 4.13. The monoisotopic (exact) mass is 304 g/mol. The first-order valence-corrected chi connectivity index (χ1v) is 6.94. The van der Waals surface area contributed by atoms with Crippen molar-refractivity contribution >= 4 is 23.2 Å². The van der Waals surface area contributed by atoms with Gasteiger partial charge in [0.2, 0.25) is 0 Å². The lowest BCUT2D eigenvalue weighted by Gasteiger charge is -2.08. The molecule has 21 heavy (non-hydrogen) atoms. The summed E-state index contributed by atoms with van der Waals surface area (Å²) in [5.74, 6) is 0.577. The van der Waals surface area contributed by atoms with Gasteiger partial charge in [-0.05, 0) is 42.3 Å². The molecule has 0 aliphatic heterocycles. The van der Waals surface area contributed by atoms with E-state index in [-0.39, 0.29) is 5.91 Å². The third-order valence-corrected chi connectivity index (χ3v) is 3.40. The number of ether oxygens (including phenoxy) is 1. The molecule has 2 aromatic rings. The molecule has 5 heteroatoms. The molecule has 0 saturated carbocycles. The summed E-state index contributed by atoms with van der Waals surface area (Å²) in [5, 5.41) is 3.22. The number of nitrogens with one attached hydrogen (secondary N) is 1. The number of rotatable bonds is 5. The van der Waals surface area contributed by atoms with Crippen LogP contribution in [0.15, 0.2) is 42.5 Å². The molecule has 0 saturated heterocycles. The maximum atomic E-state index is 12.1. The zero-order valence-electron chi connectivity index (χ0n) is 11.7. The number of benzene rings is 2. The maximum absolute atomic E-state index is 12.1. The highest BCUT2D eigenvalue weighted by Crippen LogP contribution is 2.18. The van der Waals surface area contributed by atoms with Crippen molar-refractivity contribution in [2.24, 2.45) is 0 Å². The van der Waals surface area contributed by atoms with Gasteiger partial charge in [-0.1, -0.05) is 23.7 Å². The number of nitrogens with two attached hydrogens (primary N) is 1. The van der Waals surface area contributed by atoms with E-state index in [0.717, 1.165) is 11.3 Å². The van der Waals surface area contributed by atoms with Gasteiger partial charge in [0, 0.05) is 12.2 Å². The number of nitrogen functional groups attached to an aromatic ring is 1. The van der Waals surface area contributed by atoms with E-state index in [1.165, 1.54) is 0 Å². The zero-order valence-corrected chi connectivity index (χ0v) is 12.5. The minimum atomic E-state index is -0.227. The average molecular weight is 305 g/mol. The second kappa shape index (κ2) is 6.99. The Labute approximate surface area is 128 Å². The van der Waals surface area contributed by atoms with Crippen LogP contribution in [-0.2, 0) is 6.42 Å². The van der Waals surface area contributed by atoms with E-state index in [1.54, 1.807) is 25.3 Å². The normalized spacial score (nSPS) is 10.2. The second-order valence-corrected chi connectivity index (χ2v) is 5.00. The van der Waals surface area contributed by atoms with Crippen LogP contribution < -0.4 is 15.8 Å². The van der Waals surface area contributed by atoms with Gasteiger partial charge in [-0.25, -0.2) is 0 Å². The van der Waals surface area contributed by atoms with Gasteiger partial charge in [-0.2, -0.15) is 0 Å². The summed E-state index contributed by atoms with van der Waals surface area (Å²) in [5.41, 5.74) is 7.66. The van der Waals surface area contributed by atoms with Crippen molar-refractivity contribution in [1.82, 2.24) is 5.32 Å². The van der Waals surface area contributed by atoms with E-state index in [1.807, 2.05) is 24.3 Å². The fourth-order valence-electron chi connectivity index (χ4n) is 1.96. The largest absolute Gasteiger partial charge is 0.497 e. The average Bonchev–Trinajstić information content (AvgIpc) is 2.49. The minimum absolute atomic E-state index is 0.227. The summed E-state index contributed by atoms with van der Waals surface area (Å²) in [6, 6.07) is 12.6. The molecule has 0 unspecified atom stereocenters. The van der Waals surface area contributed by atoms with Gasteiger partial charge in [0.25, 0.3) is 5.91 Å². The van der Waals surface area contributed by atoms with Crippen molar-refractivity contribution in [3.05, 3.63) is 58.6 Å². The lowest BCUT2D eigenvalue weighted by molar-refractivity contribution is 0.0954. The van der Waals surface area contributed by atoms with Crippen molar-refractivity contribution in [1.29, 1.82) is 0 Å². The Bertz CT molecular complexity index is 644. The SMILES string of the molecule is COc1cccc(CCNC(=O)c2cc(N)ccc2Cl)c1. The lowest BCUT2D eigenvalue weighted by Crippen LogP contribution is -2.26. The second-order valence-electron chi connectivity index (χ2n) is 4.60. The number of carbonyl (C=O) groups excluding carboxylic acids is 1. The van der Waals surface area contributed by atoms with Gasteiger partial charge in [0.15, 0.2) is 0 Å². The van der Waals surface area contributed by atoms with Crippen LogP contribution >= 0.6 is 11.6 Å². The van der Waals surface area contributed by atoms with Gasteiger partial charge in [0.1, 0.15) is 5.75 Å². The molecule has 0 heterocycles. The lowest BCUT2D eigenvalue weighted by atomic mass is 10.1. The van der Waals surface area contributed by atoms with Crippen molar-refractivity contribution < 1.29 is 9.53 Å². The zero-order chi connectivity index (χ0) is 15.2. The molecular weight excluding hydrogens is 288 g/mol. The van der Waals surface area contributed by atoms with Gasteiger partial charge < -0.3 is 15.8 Å². The van der Waals surface area contributed by atoms with Gasteiger partial charge in [-0.3, -0.25) is 4.79 Å². The Hall–Kier alpha value is -2.20. The molecule has 0 aliphatic carbocycles. The van der Waals surface area contributed by atoms with Gasteiger partial charge in [0.05, 0.1) is 17.7 Å². The van der Waals surface area contributed by atoms with Crippen LogP contribution in [0.5, 0.6) is 5.75 Å². The highest BCUT2D eigenvalue weighted by atomic mass is 35.5. The molecule has 1 amide bonds. The highest BCUT2D eigenvalue weighted by Gasteiger charge is 2.10. The van der Waals surface area contributed by atoms with Crippen LogP contribution in [0.3, 0.4) is 0 Å². The van der Waals surface area contributed by atoms with Crippen LogP contribution in [0.2, 0.25) is 5.02 Å². The Kier molecular flexibility index (Phi) is 5.06. The fourth-order valence-corrected chi connectivity index (χ4v) is 2.16. The third-order valence-electron chi connectivity index (χ3n) is 3.07. The van der Waals surface area contributed by atoms with Crippen molar-refractivity contribution in [3.8, 4) is 5.75 Å². The van der Waals surface area contributed by atoms with Crippen LogP contribution in [0.25, 0.3) is 0 Å². The summed E-state index contributed by atoms with van der Waals surface area (Å²) in [4.78, 5) is 12.1. The van der Waals surface area contributed by atoms with Crippen molar-refractivity contribution in [2.45, 2.75) is 6.42 Å². The van der Waals surface area contributed by atoms with Crippen LogP contribution in [0, 0.1) is 0 Å². The Morgan fingerprint density at radius 3 is 2.86 bits per heavy atom. The number of amides is 1. The Morgan fingerprint density at radius 2 is 2.10 bits per heavy atom. The van der Waals surface area contributed by atoms with E-state index in [4.69, 9.17) is 22.1 Å². The first-order chi connectivity index (χ1) is 10.1. The summed E-state index contributed by atoms with van der Waals surface area (Å²) < 4.78 is 5.16. The van der Waals surface area contributed by atoms with Crippen molar-refractivity contribution in [3.63, 3.8) is 0 Å². The smallest absolute Gasteiger partial charge is 0.252 e. The standard InChI is InChI=1S/C16H17ClN2O2/c1-21-13-4-2-3-11(9-13)7-8-19-16(20)14-10-12(18)5-6-15(14)17/h2-6,9-10H,7-8,18H2,1H3,(H,19,20). The molecule has 110 valence electrons. The fraction of sp³-hybridized carbons (Fsp3) is 0.188. The summed E-state index contributed by atoms with van der Waals surface area (Å²) >= 11 is 5.99. The van der Waals surface area contributed by atoms with Crippen LogP contribution in [-0.4, -0.2) is 19.6 Å². The Balaban J connectivity index is 1.93. The number of carbonyl (C=O) groups is 1. The number of methoxy groups -OCH3 is 1. The first-order valence-electron chi connectivity index (χ1n) is 6.56. The molecular formula is C16H17ClN2O2. The topological polar surface area (TPSA) is 64.3 Å². The molecule has 4 nitrogen and oxygen atoms in total. The van der Waals surface area contributed by atoms with Crippen molar-refractivity contribution in [2.75, 3.05) is 19.4 Å². The van der Waals surface area contributed by atoms with Crippen LogP contribution in [0.1, 0.15) is 15.9 Å². The van der Waals surface area contributed by atoms with E-state index in [9.17, 15) is 4.79 Å². The molecule has 0 radical (unpaired) electrons. The molecule has 0 bridgehead atoms. The molecule has 0 aromatic heterocycles. The summed E-state index contributed by atoms with van der Waals surface area (Å²) in [6.07, 6.45) is 0.711. The first kappa shape index (κ1) is 15.2. The molecule has 0 atom stereocenters. The van der Waals surface area contributed by atoms with Gasteiger partial charge in [-0.15, -0.1) is 0 Å². The molecule has 2 aromatic carbocycles. The molecule has 0 fully saturated rings. The van der Waals surface area contributed by atoms with E-state index >= 15 is 0 Å². The quantitative estimate of drug-likeness (QED) is 0.835. The predicted octanol–water partition coefficient (Wildman–Crippen LogP) is 2.90. The van der Waals surface area contributed by atoms with E-state index in [0.29, 0.717) is 29.2 Å². The molecule has 3 N–H and O–H groups in total. The molecule has 2 rings (SSSR count). The van der Waals surface area contributed by atoms with Crippen LogP contribution in [0.4, 0.5) is 5.69 Å². The maximum Gasteiger partial charge on any atom is 0.252 e. The predicted molar refractivity (Wildman–Crippen MR) is 84.9 cm³/mol. The van der Waals surface area contributed by atoms with Gasteiger partial charge >= 0.3 is 0 Å². The summed E-state index contributed by atoms with van der Waals surface area (Å²) in [6.45, 7) is 0.511.